The Balaban J connectivity index is 2.09. The van der Waals surface area contributed by atoms with Gasteiger partial charge >= 0.3 is 0 Å². The van der Waals surface area contributed by atoms with Crippen LogP contribution in [0.3, 0.4) is 0 Å². The number of benzene rings is 1. The number of nitrogens with one attached hydrogen (secondary N) is 1. The second-order valence-corrected chi connectivity index (χ2v) is 4.52. The minimum Gasteiger partial charge on any atom is -0.397 e. The van der Waals surface area contributed by atoms with Gasteiger partial charge in [0.2, 0.25) is 0 Å². The zero-order chi connectivity index (χ0) is 10.7. The van der Waals surface area contributed by atoms with Crippen molar-refractivity contribution < 1.29 is 0 Å². The molecule has 0 amide bonds. The summed E-state index contributed by atoms with van der Waals surface area (Å²) in [6, 6.07) is 6.72. The fourth-order valence-electron chi connectivity index (χ4n) is 2.34. The molecular formula is C13H20N2. The molecule has 0 atom stereocenters. The van der Waals surface area contributed by atoms with Crippen molar-refractivity contribution in [1.29, 1.82) is 0 Å². The first kappa shape index (κ1) is 10.3. The summed E-state index contributed by atoms with van der Waals surface area (Å²) in [5.41, 5.74) is 9.25. The molecule has 0 radical (unpaired) electrons. The van der Waals surface area contributed by atoms with Crippen LogP contribution in [-0.4, -0.2) is 6.04 Å². The highest BCUT2D eigenvalue weighted by atomic mass is 14.9. The standard InChI is InChI=1S/C13H20N2/c1-10-6-5-9-12(14)13(10)15-11-7-3-2-4-8-11/h5-6,9,11,15H,2-4,7-8,14H2,1H3. The molecule has 2 heteroatoms. The first-order chi connectivity index (χ1) is 7.27. The topological polar surface area (TPSA) is 38.0 Å². The molecule has 0 unspecified atom stereocenters. The highest BCUT2D eigenvalue weighted by Crippen LogP contribution is 2.27. The van der Waals surface area contributed by atoms with Gasteiger partial charge in [-0.3, -0.25) is 0 Å². The van der Waals surface area contributed by atoms with Crippen molar-refractivity contribution in [1.82, 2.24) is 0 Å². The van der Waals surface area contributed by atoms with Crippen molar-refractivity contribution in [3.63, 3.8) is 0 Å². The van der Waals surface area contributed by atoms with Crippen molar-refractivity contribution in [2.24, 2.45) is 0 Å². The number of nitrogen functional groups attached to an aromatic ring is 1. The van der Waals surface area contributed by atoms with E-state index in [0.717, 1.165) is 11.4 Å². The molecule has 15 heavy (non-hydrogen) atoms. The van der Waals surface area contributed by atoms with Crippen molar-refractivity contribution in [2.45, 2.75) is 45.1 Å². The minimum absolute atomic E-state index is 0.627. The molecule has 0 heterocycles. The van der Waals surface area contributed by atoms with E-state index in [0.29, 0.717) is 6.04 Å². The predicted molar refractivity (Wildman–Crippen MR) is 66.1 cm³/mol. The Bertz CT molecular complexity index is 307. The van der Waals surface area contributed by atoms with E-state index < -0.39 is 0 Å². The summed E-state index contributed by atoms with van der Waals surface area (Å²) in [6.45, 7) is 2.11. The van der Waals surface area contributed by atoms with Gasteiger partial charge in [-0.2, -0.15) is 0 Å². The predicted octanol–water partition coefficient (Wildman–Crippen LogP) is 3.32. The summed E-state index contributed by atoms with van der Waals surface area (Å²) < 4.78 is 0. The molecule has 1 fully saturated rings. The normalized spacial score (nSPS) is 17.7. The van der Waals surface area contributed by atoms with E-state index in [1.54, 1.807) is 0 Å². The van der Waals surface area contributed by atoms with Gasteiger partial charge in [-0.15, -0.1) is 0 Å². The average molecular weight is 204 g/mol. The molecule has 0 aromatic heterocycles. The molecule has 0 saturated heterocycles. The van der Waals surface area contributed by atoms with E-state index >= 15 is 0 Å². The van der Waals surface area contributed by atoms with Crippen LogP contribution in [0.4, 0.5) is 11.4 Å². The molecule has 3 N–H and O–H groups in total. The third-order valence-corrected chi connectivity index (χ3v) is 3.26. The van der Waals surface area contributed by atoms with Crippen LogP contribution in [0.5, 0.6) is 0 Å². The van der Waals surface area contributed by atoms with Gasteiger partial charge in [0.05, 0.1) is 11.4 Å². The van der Waals surface area contributed by atoms with Crippen LogP contribution < -0.4 is 11.1 Å². The third kappa shape index (κ3) is 2.44. The van der Waals surface area contributed by atoms with E-state index in [4.69, 9.17) is 5.73 Å². The summed E-state index contributed by atoms with van der Waals surface area (Å²) in [5.74, 6) is 0. The fourth-order valence-corrected chi connectivity index (χ4v) is 2.34. The molecule has 1 aliphatic carbocycles. The van der Waals surface area contributed by atoms with Crippen LogP contribution in [0.1, 0.15) is 37.7 Å². The molecule has 2 rings (SSSR count). The zero-order valence-corrected chi connectivity index (χ0v) is 9.42. The molecule has 0 bridgehead atoms. The minimum atomic E-state index is 0.627. The maximum atomic E-state index is 5.98. The molecule has 1 aliphatic rings. The maximum Gasteiger partial charge on any atom is 0.0605 e. The molecule has 1 aromatic carbocycles. The van der Waals surface area contributed by atoms with Crippen molar-refractivity contribution >= 4 is 11.4 Å². The molecule has 1 saturated carbocycles. The van der Waals surface area contributed by atoms with Gasteiger partial charge in [0, 0.05) is 6.04 Å². The van der Waals surface area contributed by atoms with Crippen LogP contribution in [0.15, 0.2) is 18.2 Å². The summed E-state index contributed by atoms with van der Waals surface area (Å²) in [5, 5.41) is 3.59. The van der Waals surface area contributed by atoms with Gasteiger partial charge in [0.25, 0.3) is 0 Å². The Kier molecular flexibility index (Phi) is 3.14. The summed E-state index contributed by atoms with van der Waals surface area (Å²) >= 11 is 0. The molecule has 0 spiro atoms. The van der Waals surface area contributed by atoms with Gasteiger partial charge in [-0.05, 0) is 31.4 Å². The number of para-hydroxylation sites is 1. The van der Waals surface area contributed by atoms with Crippen molar-refractivity contribution in [3.8, 4) is 0 Å². The zero-order valence-electron chi connectivity index (χ0n) is 9.42. The van der Waals surface area contributed by atoms with E-state index in [-0.39, 0.29) is 0 Å². The van der Waals surface area contributed by atoms with Gasteiger partial charge in [-0.25, -0.2) is 0 Å². The number of rotatable bonds is 2. The van der Waals surface area contributed by atoms with Crippen LogP contribution in [0.25, 0.3) is 0 Å². The average Bonchev–Trinajstić information content (AvgIpc) is 2.25. The molecular weight excluding hydrogens is 184 g/mol. The maximum absolute atomic E-state index is 5.98. The molecule has 0 aliphatic heterocycles. The highest BCUT2D eigenvalue weighted by molar-refractivity contribution is 5.70. The van der Waals surface area contributed by atoms with E-state index in [1.165, 1.54) is 37.7 Å². The third-order valence-electron chi connectivity index (χ3n) is 3.26. The van der Waals surface area contributed by atoms with Gasteiger partial charge in [-0.1, -0.05) is 31.4 Å². The molecule has 82 valence electrons. The van der Waals surface area contributed by atoms with E-state index in [1.807, 2.05) is 12.1 Å². The smallest absolute Gasteiger partial charge is 0.0605 e. The second-order valence-electron chi connectivity index (χ2n) is 4.52. The number of nitrogens with two attached hydrogens (primary N) is 1. The number of hydrogen-bond donors (Lipinski definition) is 2. The van der Waals surface area contributed by atoms with Crippen LogP contribution in [-0.2, 0) is 0 Å². The Labute approximate surface area is 91.9 Å². The van der Waals surface area contributed by atoms with Gasteiger partial charge in [0.1, 0.15) is 0 Å². The Morgan fingerprint density at radius 2 is 1.93 bits per heavy atom. The first-order valence-electron chi connectivity index (χ1n) is 5.89. The van der Waals surface area contributed by atoms with E-state index in [2.05, 4.69) is 18.3 Å². The molecule has 1 aromatic rings. The second kappa shape index (κ2) is 4.56. The summed E-state index contributed by atoms with van der Waals surface area (Å²) in [7, 11) is 0. The monoisotopic (exact) mass is 204 g/mol. The number of anilines is 2. The van der Waals surface area contributed by atoms with Crippen LogP contribution in [0.2, 0.25) is 0 Å². The van der Waals surface area contributed by atoms with Gasteiger partial charge < -0.3 is 11.1 Å². The number of aryl methyl sites for hydroxylation is 1. The lowest BCUT2D eigenvalue weighted by molar-refractivity contribution is 0.462. The van der Waals surface area contributed by atoms with E-state index in [9.17, 15) is 0 Å². The van der Waals surface area contributed by atoms with Crippen LogP contribution >= 0.6 is 0 Å². The largest absolute Gasteiger partial charge is 0.397 e. The van der Waals surface area contributed by atoms with Crippen molar-refractivity contribution in [3.05, 3.63) is 23.8 Å². The quantitative estimate of drug-likeness (QED) is 0.725. The van der Waals surface area contributed by atoms with Gasteiger partial charge in [0.15, 0.2) is 0 Å². The Morgan fingerprint density at radius 3 is 2.60 bits per heavy atom. The Hall–Kier alpha value is -1.18. The lowest BCUT2D eigenvalue weighted by Crippen LogP contribution is -2.23. The van der Waals surface area contributed by atoms with Crippen molar-refractivity contribution in [2.75, 3.05) is 11.1 Å². The summed E-state index contributed by atoms with van der Waals surface area (Å²) in [4.78, 5) is 0. The lowest BCUT2D eigenvalue weighted by atomic mass is 9.95. The summed E-state index contributed by atoms with van der Waals surface area (Å²) in [6.07, 6.45) is 6.66. The highest BCUT2D eigenvalue weighted by Gasteiger charge is 2.14. The lowest BCUT2D eigenvalue weighted by Gasteiger charge is -2.25. The SMILES string of the molecule is Cc1cccc(N)c1NC1CCCCC1. The first-order valence-corrected chi connectivity index (χ1v) is 5.89. The van der Waals surface area contributed by atoms with Crippen LogP contribution in [0, 0.1) is 6.92 Å². The molecule has 2 nitrogen and oxygen atoms in total. The Morgan fingerprint density at radius 1 is 1.20 bits per heavy atom. The number of hydrogen-bond acceptors (Lipinski definition) is 2. The fraction of sp³-hybridized carbons (Fsp3) is 0.538.